The Morgan fingerprint density at radius 2 is 1.83 bits per heavy atom. The maximum absolute atomic E-state index is 11.5. The first-order valence-electron chi connectivity index (χ1n) is 8.11. The smallest absolute Gasteiger partial charge is 0.336 e. The van der Waals surface area contributed by atoms with Gasteiger partial charge in [0.25, 0.3) is 0 Å². The number of aryl methyl sites for hydroxylation is 2. The number of hydrogen-bond acceptors (Lipinski definition) is 6. The van der Waals surface area contributed by atoms with E-state index >= 15 is 0 Å². The van der Waals surface area contributed by atoms with Gasteiger partial charge in [-0.25, -0.2) is 14.8 Å². The first-order valence-corrected chi connectivity index (χ1v) is 8.11. The van der Waals surface area contributed by atoms with Crippen molar-refractivity contribution in [3.63, 3.8) is 0 Å². The highest BCUT2D eigenvalue weighted by atomic mass is 16.5. The van der Waals surface area contributed by atoms with E-state index in [1.54, 1.807) is 0 Å². The van der Waals surface area contributed by atoms with Gasteiger partial charge in [0.1, 0.15) is 0 Å². The quantitative estimate of drug-likeness (QED) is 0.846. The van der Waals surface area contributed by atoms with Gasteiger partial charge >= 0.3 is 5.97 Å². The molecule has 0 unspecified atom stereocenters. The molecule has 3 N–H and O–H groups in total. The van der Waals surface area contributed by atoms with Crippen molar-refractivity contribution in [2.75, 3.05) is 31.1 Å². The largest absolute Gasteiger partial charge is 0.479 e. The molecule has 1 aromatic rings. The van der Waals surface area contributed by atoms with E-state index in [2.05, 4.69) is 9.97 Å². The number of anilines is 1. The van der Waals surface area contributed by atoms with Crippen molar-refractivity contribution in [2.24, 2.45) is 5.73 Å². The van der Waals surface area contributed by atoms with Crippen LogP contribution in [0.5, 0.6) is 0 Å². The molecule has 0 atom stereocenters. The van der Waals surface area contributed by atoms with E-state index in [0.29, 0.717) is 38.4 Å². The molecule has 7 heteroatoms. The fourth-order valence-electron chi connectivity index (χ4n) is 2.59. The Morgan fingerprint density at radius 3 is 2.26 bits per heavy atom. The summed E-state index contributed by atoms with van der Waals surface area (Å²) in [6.45, 7) is 9.53. The van der Waals surface area contributed by atoms with Crippen molar-refractivity contribution in [3.8, 4) is 0 Å². The Hall–Kier alpha value is -1.73. The van der Waals surface area contributed by atoms with E-state index in [0.717, 1.165) is 11.4 Å². The molecule has 0 aliphatic carbocycles. The van der Waals surface area contributed by atoms with Crippen molar-refractivity contribution in [1.29, 1.82) is 0 Å². The summed E-state index contributed by atoms with van der Waals surface area (Å²) in [4.78, 5) is 22.4. The molecule has 1 aliphatic rings. The van der Waals surface area contributed by atoms with E-state index in [4.69, 9.17) is 10.5 Å². The summed E-state index contributed by atoms with van der Waals surface area (Å²) >= 11 is 0. The molecule has 0 saturated carbocycles. The SMILES string of the molecule is CC.Cc1cc(C)nc(N2CCC(OCCN)(C(=O)O)CC2)n1. The summed E-state index contributed by atoms with van der Waals surface area (Å²) in [6, 6.07) is 1.92. The average molecular weight is 324 g/mol. The summed E-state index contributed by atoms with van der Waals surface area (Å²) in [5, 5.41) is 9.44. The van der Waals surface area contributed by atoms with Crippen molar-refractivity contribution in [2.45, 2.75) is 46.1 Å². The molecular formula is C16H28N4O3. The molecule has 130 valence electrons. The minimum atomic E-state index is -1.13. The lowest BCUT2D eigenvalue weighted by Crippen LogP contribution is -2.52. The zero-order valence-electron chi connectivity index (χ0n) is 14.5. The van der Waals surface area contributed by atoms with E-state index in [-0.39, 0.29) is 6.61 Å². The minimum absolute atomic E-state index is 0.256. The molecule has 23 heavy (non-hydrogen) atoms. The number of ether oxygens (including phenoxy) is 1. The lowest BCUT2D eigenvalue weighted by atomic mass is 9.91. The molecular weight excluding hydrogens is 296 g/mol. The van der Waals surface area contributed by atoms with Crippen molar-refractivity contribution in [3.05, 3.63) is 17.5 Å². The van der Waals surface area contributed by atoms with Gasteiger partial charge in [-0.05, 0) is 19.9 Å². The summed E-state index contributed by atoms with van der Waals surface area (Å²) in [6.07, 6.45) is 0.803. The molecule has 1 aromatic heterocycles. The molecule has 2 rings (SSSR count). The van der Waals surface area contributed by atoms with Gasteiger partial charge in [0, 0.05) is 43.9 Å². The van der Waals surface area contributed by atoms with Crippen LogP contribution in [0.1, 0.15) is 38.1 Å². The number of nitrogens with two attached hydrogens (primary N) is 1. The van der Waals surface area contributed by atoms with Gasteiger partial charge < -0.3 is 20.5 Å². The lowest BCUT2D eigenvalue weighted by Gasteiger charge is -2.38. The number of rotatable bonds is 5. The number of carboxylic acid groups (broad SMARTS) is 1. The van der Waals surface area contributed by atoms with Gasteiger partial charge in [-0.1, -0.05) is 13.8 Å². The number of aliphatic carboxylic acids is 1. The standard InChI is InChI=1S/C14H22N4O3.C2H6/c1-10-9-11(2)17-13(16-10)18-6-3-14(4-7-18,12(19)20)21-8-5-15;1-2/h9H,3-8,15H2,1-2H3,(H,19,20);1-2H3. The van der Waals surface area contributed by atoms with Gasteiger partial charge in [0.15, 0.2) is 5.60 Å². The van der Waals surface area contributed by atoms with Gasteiger partial charge in [0.05, 0.1) is 6.61 Å². The normalized spacial score (nSPS) is 16.5. The van der Waals surface area contributed by atoms with Crippen LogP contribution in [0.3, 0.4) is 0 Å². The third-order valence-electron chi connectivity index (χ3n) is 3.71. The highest BCUT2D eigenvalue weighted by Crippen LogP contribution is 2.28. The molecule has 1 saturated heterocycles. The lowest BCUT2D eigenvalue weighted by molar-refractivity contribution is -0.168. The first kappa shape index (κ1) is 19.3. The van der Waals surface area contributed by atoms with Crippen LogP contribution in [0.25, 0.3) is 0 Å². The third kappa shape index (κ3) is 4.87. The number of carbonyl (C=O) groups is 1. The number of carboxylic acids is 1. The summed E-state index contributed by atoms with van der Waals surface area (Å²) in [5.41, 5.74) is 6.10. The number of nitrogens with zero attached hydrogens (tertiary/aromatic N) is 3. The van der Waals surface area contributed by atoms with Gasteiger partial charge in [-0.15, -0.1) is 0 Å². The Bertz CT molecular complexity index is 494. The molecule has 0 bridgehead atoms. The van der Waals surface area contributed by atoms with Crippen LogP contribution in [0, 0.1) is 13.8 Å². The molecule has 0 spiro atoms. The van der Waals surface area contributed by atoms with Crippen molar-refractivity contribution in [1.82, 2.24) is 9.97 Å². The van der Waals surface area contributed by atoms with Gasteiger partial charge in [-0.3, -0.25) is 0 Å². The fourth-order valence-corrected chi connectivity index (χ4v) is 2.59. The van der Waals surface area contributed by atoms with E-state index in [1.165, 1.54) is 0 Å². The molecule has 1 aliphatic heterocycles. The van der Waals surface area contributed by atoms with Crippen LogP contribution in [-0.2, 0) is 9.53 Å². The Balaban J connectivity index is 0.00000127. The van der Waals surface area contributed by atoms with Crippen LogP contribution in [0.2, 0.25) is 0 Å². The average Bonchev–Trinajstić information content (AvgIpc) is 2.54. The molecule has 1 fully saturated rings. The van der Waals surface area contributed by atoms with Crippen LogP contribution >= 0.6 is 0 Å². The molecule has 0 radical (unpaired) electrons. The number of hydrogen-bond donors (Lipinski definition) is 2. The molecule has 0 amide bonds. The van der Waals surface area contributed by atoms with Crippen LogP contribution in [0.15, 0.2) is 6.07 Å². The zero-order chi connectivity index (χ0) is 17.5. The maximum atomic E-state index is 11.5. The second kappa shape index (κ2) is 8.79. The van der Waals surface area contributed by atoms with Crippen LogP contribution in [0.4, 0.5) is 5.95 Å². The number of aromatic nitrogens is 2. The van der Waals surface area contributed by atoms with E-state index in [1.807, 2.05) is 38.7 Å². The van der Waals surface area contributed by atoms with E-state index < -0.39 is 11.6 Å². The van der Waals surface area contributed by atoms with E-state index in [9.17, 15) is 9.90 Å². The van der Waals surface area contributed by atoms with Crippen molar-refractivity contribution >= 4 is 11.9 Å². The predicted octanol–water partition coefficient (Wildman–Crippen LogP) is 1.52. The molecule has 7 nitrogen and oxygen atoms in total. The Kier molecular flexibility index (Phi) is 7.38. The molecule has 0 aromatic carbocycles. The molecule has 2 heterocycles. The monoisotopic (exact) mass is 324 g/mol. The van der Waals surface area contributed by atoms with Crippen LogP contribution in [-0.4, -0.2) is 52.9 Å². The van der Waals surface area contributed by atoms with Gasteiger partial charge in [-0.2, -0.15) is 0 Å². The second-order valence-corrected chi connectivity index (χ2v) is 5.37. The topological polar surface area (TPSA) is 102 Å². The fraction of sp³-hybridized carbons (Fsp3) is 0.688. The Morgan fingerprint density at radius 1 is 1.30 bits per heavy atom. The highest BCUT2D eigenvalue weighted by Gasteiger charge is 2.43. The Labute approximate surface area is 137 Å². The summed E-state index contributed by atoms with van der Waals surface area (Å²) in [5.74, 6) is -0.262. The first-order chi connectivity index (χ1) is 11.0. The maximum Gasteiger partial charge on any atom is 0.336 e. The third-order valence-corrected chi connectivity index (χ3v) is 3.71. The zero-order valence-corrected chi connectivity index (χ0v) is 14.5. The number of piperidine rings is 1. The second-order valence-electron chi connectivity index (χ2n) is 5.37. The summed E-state index contributed by atoms with van der Waals surface area (Å²) < 4.78 is 5.52. The van der Waals surface area contributed by atoms with Crippen molar-refractivity contribution < 1.29 is 14.6 Å². The minimum Gasteiger partial charge on any atom is -0.479 e. The van der Waals surface area contributed by atoms with Crippen LogP contribution < -0.4 is 10.6 Å². The van der Waals surface area contributed by atoms with Gasteiger partial charge in [0.2, 0.25) is 5.95 Å². The predicted molar refractivity (Wildman–Crippen MR) is 89.7 cm³/mol. The highest BCUT2D eigenvalue weighted by molar-refractivity contribution is 5.78. The summed E-state index contributed by atoms with van der Waals surface area (Å²) in [7, 11) is 0.